The highest BCUT2D eigenvalue weighted by atomic mass is 19.3. The number of nitriles is 1. The number of aliphatic hydroxyl groups excluding tert-OH is 1. The van der Waals surface area contributed by atoms with Crippen molar-refractivity contribution < 1.29 is 33.3 Å². The van der Waals surface area contributed by atoms with E-state index in [4.69, 9.17) is 10.4 Å². The van der Waals surface area contributed by atoms with Crippen molar-refractivity contribution in [3.8, 4) is 11.8 Å². The second-order valence-electron chi connectivity index (χ2n) is 3.33. The Balaban J connectivity index is 3.40. The normalized spacial score (nSPS) is 11.7. The van der Waals surface area contributed by atoms with Crippen LogP contribution in [-0.4, -0.2) is 29.1 Å². The van der Waals surface area contributed by atoms with E-state index in [0.29, 0.717) is 0 Å². The molecule has 19 heavy (non-hydrogen) atoms. The number of rotatable bonds is 5. The fraction of sp³-hybridized carbons (Fsp3) is 0.182. The molecule has 0 amide bonds. The fourth-order valence-electron chi connectivity index (χ4n) is 1.36. The monoisotopic (exact) mass is 271 g/mol. The average molecular weight is 271 g/mol. The van der Waals surface area contributed by atoms with E-state index in [0.717, 1.165) is 12.1 Å². The number of hydrogen-bond acceptors (Lipinski definition) is 5. The second kappa shape index (κ2) is 5.88. The molecule has 1 rings (SSSR count). The molecule has 1 aromatic carbocycles. The van der Waals surface area contributed by atoms with Crippen molar-refractivity contribution in [1.29, 1.82) is 5.26 Å². The molecule has 0 spiro atoms. The Hall–Kier alpha value is -2.53. The second-order valence-corrected chi connectivity index (χ2v) is 3.33. The molecular formula is C11H7F2NO5. The quantitative estimate of drug-likeness (QED) is 0.776. The third-order valence-corrected chi connectivity index (χ3v) is 2.17. The van der Waals surface area contributed by atoms with Crippen LogP contribution < -0.4 is 4.74 Å². The highest BCUT2D eigenvalue weighted by molar-refractivity contribution is 5.83. The average Bonchev–Trinajstić information content (AvgIpc) is 2.36. The molecular weight excluding hydrogens is 264 g/mol. The van der Waals surface area contributed by atoms with E-state index in [-0.39, 0.29) is 17.4 Å². The Morgan fingerprint density at radius 2 is 2.11 bits per heavy atom. The van der Waals surface area contributed by atoms with Crippen LogP contribution in [0.15, 0.2) is 12.1 Å². The minimum atomic E-state index is -3.21. The number of ether oxygens (including phenoxy) is 1. The van der Waals surface area contributed by atoms with Crippen LogP contribution in [0.25, 0.3) is 0 Å². The number of nitrogens with zero attached hydrogens (tertiary/aromatic N) is 1. The van der Waals surface area contributed by atoms with E-state index in [1.165, 1.54) is 6.07 Å². The molecule has 0 saturated carbocycles. The maximum Gasteiger partial charge on any atom is 0.387 e. The van der Waals surface area contributed by atoms with Crippen molar-refractivity contribution in [2.75, 3.05) is 0 Å². The molecule has 0 radical (unpaired) electrons. The van der Waals surface area contributed by atoms with Crippen LogP contribution in [-0.2, 0) is 4.79 Å². The smallest absolute Gasteiger partial charge is 0.387 e. The van der Waals surface area contributed by atoms with E-state index >= 15 is 0 Å². The molecule has 0 aliphatic heterocycles. The molecule has 6 nitrogen and oxygen atoms in total. The fourth-order valence-corrected chi connectivity index (χ4v) is 1.36. The minimum absolute atomic E-state index is 0.150. The predicted molar refractivity (Wildman–Crippen MR) is 55.8 cm³/mol. The van der Waals surface area contributed by atoms with E-state index in [9.17, 15) is 23.5 Å². The number of carbonyl (C=O) groups is 2. The highest BCUT2D eigenvalue weighted by Gasteiger charge is 2.23. The Morgan fingerprint density at radius 1 is 1.47 bits per heavy atom. The van der Waals surface area contributed by atoms with Crippen molar-refractivity contribution in [2.45, 2.75) is 12.7 Å². The summed E-state index contributed by atoms with van der Waals surface area (Å²) in [5.74, 6) is -2.21. The van der Waals surface area contributed by atoms with Crippen molar-refractivity contribution in [3.63, 3.8) is 0 Å². The zero-order chi connectivity index (χ0) is 14.6. The van der Waals surface area contributed by atoms with Gasteiger partial charge in [-0.2, -0.15) is 14.0 Å². The van der Waals surface area contributed by atoms with Gasteiger partial charge in [-0.15, -0.1) is 0 Å². The number of halogens is 2. The van der Waals surface area contributed by atoms with Crippen LogP contribution in [0.4, 0.5) is 8.78 Å². The third kappa shape index (κ3) is 3.23. The number of hydrogen-bond donors (Lipinski definition) is 2. The number of alkyl halides is 2. The van der Waals surface area contributed by atoms with Gasteiger partial charge in [0.1, 0.15) is 5.75 Å². The van der Waals surface area contributed by atoms with Crippen LogP contribution in [0, 0.1) is 11.3 Å². The topological polar surface area (TPSA) is 108 Å². The summed E-state index contributed by atoms with van der Waals surface area (Å²) in [5.41, 5.74) is -1.15. The predicted octanol–water partition coefficient (Wildman–Crippen LogP) is 1.09. The summed E-state index contributed by atoms with van der Waals surface area (Å²) in [4.78, 5) is 21.3. The highest BCUT2D eigenvalue weighted by Crippen LogP contribution is 2.27. The Morgan fingerprint density at radius 3 is 2.53 bits per heavy atom. The number of carboxylic acids is 1. The van der Waals surface area contributed by atoms with Gasteiger partial charge in [0.15, 0.2) is 12.4 Å². The molecule has 1 unspecified atom stereocenters. The van der Waals surface area contributed by atoms with E-state index in [2.05, 4.69) is 4.74 Å². The van der Waals surface area contributed by atoms with Gasteiger partial charge in [-0.1, -0.05) is 0 Å². The van der Waals surface area contributed by atoms with Crippen LogP contribution >= 0.6 is 0 Å². The summed E-state index contributed by atoms with van der Waals surface area (Å²) in [5, 5.41) is 26.8. The third-order valence-electron chi connectivity index (χ3n) is 2.17. The Kier molecular flexibility index (Phi) is 4.50. The van der Waals surface area contributed by atoms with Crippen molar-refractivity contribution in [3.05, 3.63) is 28.8 Å². The van der Waals surface area contributed by atoms with Gasteiger partial charge in [0, 0.05) is 5.56 Å². The van der Waals surface area contributed by atoms with Crippen molar-refractivity contribution in [2.24, 2.45) is 0 Å². The minimum Gasteiger partial charge on any atom is -0.479 e. The number of carboxylic acid groups (broad SMARTS) is 1. The molecule has 0 saturated heterocycles. The summed E-state index contributed by atoms with van der Waals surface area (Å²) in [6, 6.07) is 3.13. The molecule has 1 aromatic rings. The summed E-state index contributed by atoms with van der Waals surface area (Å²) < 4.78 is 28.2. The number of aliphatic carboxylic acids is 1. The lowest BCUT2D eigenvalue weighted by molar-refractivity contribution is -0.147. The lowest BCUT2D eigenvalue weighted by atomic mass is 9.99. The van der Waals surface area contributed by atoms with Crippen LogP contribution in [0.5, 0.6) is 5.75 Å². The molecule has 100 valence electrons. The summed E-state index contributed by atoms with van der Waals surface area (Å²) in [7, 11) is 0. The maximum atomic E-state index is 12.1. The molecule has 0 aliphatic carbocycles. The number of benzene rings is 1. The van der Waals surface area contributed by atoms with Crippen LogP contribution in [0.2, 0.25) is 0 Å². The Bertz CT molecular complexity index is 553. The van der Waals surface area contributed by atoms with E-state index in [1.807, 2.05) is 0 Å². The Labute approximate surface area is 105 Å². The van der Waals surface area contributed by atoms with Gasteiger partial charge < -0.3 is 14.9 Å². The summed E-state index contributed by atoms with van der Waals surface area (Å²) in [6.45, 7) is -3.21. The van der Waals surface area contributed by atoms with Gasteiger partial charge in [0.25, 0.3) is 0 Å². The van der Waals surface area contributed by atoms with E-state index in [1.54, 1.807) is 0 Å². The van der Waals surface area contributed by atoms with Gasteiger partial charge in [-0.3, -0.25) is 4.79 Å². The van der Waals surface area contributed by atoms with Gasteiger partial charge in [-0.05, 0) is 12.1 Å². The van der Waals surface area contributed by atoms with Crippen LogP contribution in [0.1, 0.15) is 27.6 Å². The molecule has 1 atom stereocenters. The molecule has 0 heterocycles. The van der Waals surface area contributed by atoms with Gasteiger partial charge in [-0.25, -0.2) is 4.79 Å². The molecule has 2 N–H and O–H groups in total. The summed E-state index contributed by atoms with van der Waals surface area (Å²) >= 11 is 0. The largest absolute Gasteiger partial charge is 0.479 e. The number of carbonyl (C=O) groups excluding carboxylic acids is 1. The molecule has 0 aromatic heterocycles. The first-order valence-electron chi connectivity index (χ1n) is 4.79. The first-order valence-corrected chi connectivity index (χ1v) is 4.79. The lowest BCUT2D eigenvalue weighted by Gasteiger charge is -2.12. The number of aldehydes is 1. The van der Waals surface area contributed by atoms with Crippen LogP contribution in [0.3, 0.4) is 0 Å². The zero-order valence-corrected chi connectivity index (χ0v) is 9.21. The van der Waals surface area contributed by atoms with Gasteiger partial charge in [0.05, 0.1) is 17.2 Å². The van der Waals surface area contributed by atoms with Crippen molar-refractivity contribution >= 4 is 12.3 Å². The first kappa shape index (κ1) is 14.5. The summed E-state index contributed by atoms with van der Waals surface area (Å²) in [6.07, 6.45) is -1.90. The lowest BCUT2D eigenvalue weighted by Crippen LogP contribution is -2.13. The van der Waals surface area contributed by atoms with Gasteiger partial charge >= 0.3 is 12.6 Å². The molecule has 0 bridgehead atoms. The molecule has 0 fully saturated rings. The zero-order valence-electron chi connectivity index (χ0n) is 9.21. The maximum absolute atomic E-state index is 12.1. The standard InChI is InChI=1S/C11H7F2NO5/c12-11(13)19-8-2-5(3-14)7(1-6(8)4-15)9(16)10(17)18/h1-2,4,9,11,16H,(H,17,18). The number of aliphatic hydroxyl groups is 1. The SMILES string of the molecule is N#Cc1cc(OC(F)F)c(C=O)cc1C(O)C(=O)O. The molecule has 8 heteroatoms. The van der Waals surface area contributed by atoms with E-state index < -0.39 is 30.0 Å². The van der Waals surface area contributed by atoms with Crippen molar-refractivity contribution in [1.82, 2.24) is 0 Å². The van der Waals surface area contributed by atoms with Gasteiger partial charge in [0.2, 0.25) is 0 Å². The molecule has 0 aliphatic rings. The first-order chi connectivity index (χ1) is 8.90.